The van der Waals surface area contributed by atoms with Gasteiger partial charge in [-0.1, -0.05) is 36.7 Å². The first-order chi connectivity index (χ1) is 20.1. The number of para-hydroxylation sites is 1. The number of nitrogens with zero attached hydrogens (tertiary/aromatic N) is 1. The molecular weight excluding hydrogens is 566 g/mol. The van der Waals surface area contributed by atoms with Crippen molar-refractivity contribution in [2.75, 3.05) is 21.3 Å². The molecule has 0 fully saturated rings. The lowest BCUT2D eigenvalue weighted by atomic mass is 9.69. The van der Waals surface area contributed by atoms with Crippen LogP contribution in [0.15, 0.2) is 46.5 Å². The van der Waals surface area contributed by atoms with Crippen LogP contribution in [0.25, 0.3) is 10.9 Å². The molecule has 2 aliphatic heterocycles. The fourth-order valence-corrected chi connectivity index (χ4v) is 6.86. The van der Waals surface area contributed by atoms with Crippen LogP contribution in [0.2, 0.25) is 5.02 Å². The molecule has 1 aliphatic carbocycles. The number of hydrogen-bond donors (Lipinski definition) is 1. The van der Waals surface area contributed by atoms with Gasteiger partial charge in [-0.3, -0.25) is 19.2 Å². The van der Waals surface area contributed by atoms with Crippen LogP contribution in [-0.4, -0.2) is 54.1 Å². The lowest BCUT2D eigenvalue weighted by molar-refractivity contribution is -0.140. The fraction of sp³-hybridized carbons (Fsp3) is 0.355. The van der Waals surface area contributed by atoms with Crippen LogP contribution in [0.1, 0.15) is 47.2 Å². The number of benzene rings is 2. The molecular formula is C31H28ClNO9. The summed E-state index contributed by atoms with van der Waals surface area (Å²) in [6.45, 7) is 2.04. The zero-order valence-corrected chi connectivity index (χ0v) is 24.2. The average molecular weight is 594 g/mol. The van der Waals surface area contributed by atoms with Crippen molar-refractivity contribution in [1.82, 2.24) is 4.57 Å². The summed E-state index contributed by atoms with van der Waals surface area (Å²) in [6.07, 6.45) is 0.0310. The van der Waals surface area contributed by atoms with E-state index in [0.717, 1.165) is 16.5 Å². The highest BCUT2D eigenvalue weighted by atomic mass is 35.5. The van der Waals surface area contributed by atoms with Gasteiger partial charge in [0.2, 0.25) is 11.4 Å². The van der Waals surface area contributed by atoms with Gasteiger partial charge in [0.15, 0.2) is 17.3 Å². The molecule has 11 heteroatoms. The van der Waals surface area contributed by atoms with E-state index in [1.54, 1.807) is 17.6 Å². The molecule has 218 valence electrons. The number of hydrogen-bond acceptors (Lipinski definition) is 9. The van der Waals surface area contributed by atoms with Crippen molar-refractivity contribution in [2.24, 2.45) is 5.92 Å². The Kier molecular flexibility index (Phi) is 6.57. The Bertz CT molecular complexity index is 1810. The summed E-state index contributed by atoms with van der Waals surface area (Å²) in [4.78, 5) is 54.5. The number of allylic oxidation sites excluding steroid dienone is 1. The third kappa shape index (κ3) is 3.70. The SMILES string of the molecule is COC(=O)C[C@@H](C1=C(O)[C@@]2(Oc3c(Cl)c(OC)cc(OC)c3C2=O)[C@H](C)CC1=O)c1cc2cccc3c2n(c1=O)CC3. The van der Waals surface area contributed by atoms with Crippen molar-refractivity contribution in [3.63, 3.8) is 0 Å². The van der Waals surface area contributed by atoms with Crippen molar-refractivity contribution in [1.29, 1.82) is 0 Å². The molecule has 0 saturated carbocycles. The number of pyridine rings is 1. The Morgan fingerprint density at radius 3 is 2.60 bits per heavy atom. The zero-order chi connectivity index (χ0) is 30.1. The molecule has 10 nitrogen and oxygen atoms in total. The van der Waals surface area contributed by atoms with Crippen LogP contribution in [0, 0.1) is 5.92 Å². The van der Waals surface area contributed by atoms with Crippen molar-refractivity contribution in [3.05, 3.63) is 73.7 Å². The predicted octanol–water partition coefficient (Wildman–Crippen LogP) is 4.31. The quantitative estimate of drug-likeness (QED) is 0.415. The molecule has 6 rings (SSSR count). The highest BCUT2D eigenvalue weighted by molar-refractivity contribution is 6.35. The highest BCUT2D eigenvalue weighted by Gasteiger charge is 2.61. The number of esters is 1. The van der Waals surface area contributed by atoms with Crippen LogP contribution in [-0.2, 0) is 27.3 Å². The molecule has 0 radical (unpaired) electrons. The molecule has 0 saturated heterocycles. The van der Waals surface area contributed by atoms with Crippen LogP contribution in [0.5, 0.6) is 17.2 Å². The topological polar surface area (TPSA) is 130 Å². The summed E-state index contributed by atoms with van der Waals surface area (Å²) in [7, 11) is 3.96. The highest BCUT2D eigenvalue weighted by Crippen LogP contribution is 2.55. The van der Waals surface area contributed by atoms with E-state index in [2.05, 4.69) is 0 Å². The number of ether oxygens (including phenoxy) is 4. The average Bonchev–Trinajstić information content (AvgIpc) is 3.55. The van der Waals surface area contributed by atoms with Gasteiger partial charge in [-0.05, 0) is 23.4 Å². The molecule has 0 amide bonds. The van der Waals surface area contributed by atoms with E-state index in [4.69, 9.17) is 30.5 Å². The monoisotopic (exact) mass is 593 g/mol. The van der Waals surface area contributed by atoms with Gasteiger partial charge in [0.1, 0.15) is 22.1 Å². The van der Waals surface area contributed by atoms with E-state index < -0.39 is 52.7 Å². The maximum atomic E-state index is 14.2. The van der Waals surface area contributed by atoms with Crippen molar-refractivity contribution < 1.29 is 38.4 Å². The van der Waals surface area contributed by atoms with Gasteiger partial charge in [-0.15, -0.1) is 0 Å². The summed E-state index contributed by atoms with van der Waals surface area (Å²) < 4.78 is 23.5. The van der Waals surface area contributed by atoms with Gasteiger partial charge in [0.05, 0.1) is 33.3 Å². The number of Topliss-reactive ketones (excluding diaryl/α,β-unsaturated/α-hetero) is 2. The second-order valence-corrected chi connectivity index (χ2v) is 11.1. The summed E-state index contributed by atoms with van der Waals surface area (Å²) in [6, 6.07) is 8.77. The molecule has 2 aromatic carbocycles. The van der Waals surface area contributed by atoms with Crippen LogP contribution in [0.4, 0.5) is 0 Å². The lowest BCUT2D eigenvalue weighted by Crippen LogP contribution is -2.53. The maximum Gasteiger partial charge on any atom is 0.306 e. The van der Waals surface area contributed by atoms with Crippen molar-refractivity contribution in [2.45, 2.75) is 44.2 Å². The normalized spacial score (nSPS) is 21.5. The van der Waals surface area contributed by atoms with Gasteiger partial charge >= 0.3 is 5.97 Å². The Morgan fingerprint density at radius 1 is 1.17 bits per heavy atom. The number of aliphatic hydroxyl groups excluding tert-OH is 1. The first-order valence-corrected chi connectivity index (χ1v) is 13.8. The molecule has 3 aliphatic rings. The summed E-state index contributed by atoms with van der Waals surface area (Å²) in [5.74, 6) is -4.36. The Morgan fingerprint density at radius 2 is 1.90 bits per heavy atom. The first kappa shape index (κ1) is 27.8. The third-order valence-electron chi connectivity index (χ3n) is 8.66. The minimum Gasteiger partial charge on any atom is -0.507 e. The summed E-state index contributed by atoms with van der Waals surface area (Å²) in [5.41, 5.74) is -0.757. The van der Waals surface area contributed by atoms with E-state index in [9.17, 15) is 24.3 Å². The largest absolute Gasteiger partial charge is 0.507 e. The van der Waals surface area contributed by atoms with Crippen LogP contribution in [0.3, 0.4) is 0 Å². The second kappa shape index (κ2) is 9.90. The minimum absolute atomic E-state index is 0.00491. The van der Waals surface area contributed by atoms with E-state index in [1.165, 1.54) is 27.4 Å². The molecule has 3 aromatic rings. The molecule has 0 unspecified atom stereocenters. The number of carbonyl (C=O) groups is 3. The molecule has 0 bridgehead atoms. The maximum absolute atomic E-state index is 14.2. The molecule has 1 spiro atoms. The van der Waals surface area contributed by atoms with E-state index in [0.29, 0.717) is 13.0 Å². The number of fused-ring (bicyclic) bond motifs is 1. The Balaban J connectivity index is 1.60. The molecule has 1 aromatic heterocycles. The van der Waals surface area contributed by atoms with E-state index in [1.807, 2.05) is 18.2 Å². The first-order valence-electron chi connectivity index (χ1n) is 13.5. The number of aryl methyl sites for hydroxylation is 2. The standard InChI is InChI=1S/C31H28ClNO9/c1-14-10-19(34)23(28(36)31(14)29(37)24-20(39-2)13-21(40-3)25(32)27(24)42-31)17(12-22(35)41-4)18-11-16-7-5-6-15-8-9-33(26(15)16)30(18)38/h5-7,11,13-14,17,36H,8-10,12H2,1-4H3/t14-,17-,31+/m1/s1. The number of halogens is 1. The van der Waals surface area contributed by atoms with Crippen LogP contribution < -0.4 is 19.8 Å². The molecule has 1 N–H and O–H groups in total. The van der Waals surface area contributed by atoms with Crippen LogP contribution >= 0.6 is 11.6 Å². The molecule has 42 heavy (non-hydrogen) atoms. The Labute approximate surface area is 245 Å². The van der Waals surface area contributed by atoms with Gasteiger partial charge in [-0.25, -0.2) is 0 Å². The van der Waals surface area contributed by atoms with Gasteiger partial charge in [-0.2, -0.15) is 0 Å². The van der Waals surface area contributed by atoms with Gasteiger partial charge in [0.25, 0.3) is 5.56 Å². The van der Waals surface area contributed by atoms with E-state index >= 15 is 0 Å². The number of carbonyl (C=O) groups excluding carboxylic acids is 3. The Hall–Kier alpha value is -4.31. The smallest absolute Gasteiger partial charge is 0.306 e. The van der Waals surface area contributed by atoms with Crippen molar-refractivity contribution >= 4 is 40.0 Å². The number of aliphatic hydroxyl groups is 1. The fourth-order valence-electron chi connectivity index (χ4n) is 6.60. The van der Waals surface area contributed by atoms with Gasteiger partial charge < -0.3 is 28.6 Å². The molecule has 3 atom stereocenters. The minimum atomic E-state index is -2.06. The number of methoxy groups -OCH3 is 3. The van der Waals surface area contributed by atoms with Crippen molar-refractivity contribution in [3.8, 4) is 17.2 Å². The molecule has 3 heterocycles. The van der Waals surface area contributed by atoms with E-state index in [-0.39, 0.29) is 45.4 Å². The third-order valence-corrected chi connectivity index (χ3v) is 9.02. The number of aromatic nitrogens is 1. The number of ketones is 2. The zero-order valence-electron chi connectivity index (χ0n) is 23.4. The second-order valence-electron chi connectivity index (χ2n) is 10.8. The summed E-state index contributed by atoms with van der Waals surface area (Å²) in [5, 5.41) is 12.7. The predicted molar refractivity (Wildman–Crippen MR) is 152 cm³/mol. The number of rotatable bonds is 6. The lowest BCUT2D eigenvalue weighted by Gasteiger charge is -2.38. The van der Waals surface area contributed by atoms with Gasteiger partial charge in [0, 0.05) is 42.0 Å². The summed E-state index contributed by atoms with van der Waals surface area (Å²) >= 11 is 6.54.